The first-order valence-corrected chi connectivity index (χ1v) is 10.6. The monoisotopic (exact) mass is 327 g/mol. The first kappa shape index (κ1) is 21.0. The van der Waals surface area contributed by atoms with E-state index in [0.29, 0.717) is 0 Å². The first-order valence-electron chi connectivity index (χ1n) is 10.6. The Morgan fingerprint density at radius 2 is 0.875 bits per heavy atom. The summed E-state index contributed by atoms with van der Waals surface area (Å²) in [5.74, 6) is 0. The molecule has 1 radical (unpaired) electrons. The SMILES string of the molecule is [C]1=C/C=C\C=C\C=C\CCCCCCCCCCCCCCCC/1. The van der Waals surface area contributed by atoms with Crippen LogP contribution in [0.5, 0.6) is 0 Å². The van der Waals surface area contributed by atoms with Crippen molar-refractivity contribution >= 4 is 0 Å². The van der Waals surface area contributed by atoms with E-state index in [1.54, 1.807) is 0 Å². The maximum atomic E-state index is 3.37. The maximum absolute atomic E-state index is 3.37. The molecule has 0 unspecified atom stereocenters. The van der Waals surface area contributed by atoms with Crippen LogP contribution < -0.4 is 0 Å². The van der Waals surface area contributed by atoms with Gasteiger partial charge in [-0.1, -0.05) is 120 Å². The molecule has 1 rings (SSSR count). The van der Waals surface area contributed by atoms with Crippen LogP contribution in [0, 0.1) is 6.08 Å². The molecule has 0 aromatic rings. The normalized spacial score (nSPS) is 26.7. The fourth-order valence-electron chi connectivity index (χ4n) is 3.18. The highest BCUT2D eigenvalue weighted by Crippen LogP contribution is 2.13. The molecule has 0 bridgehead atoms. The molecule has 1 aliphatic carbocycles. The molecule has 0 saturated carbocycles. The number of allylic oxidation sites excluding steroid dienone is 8. The van der Waals surface area contributed by atoms with Gasteiger partial charge in [0.2, 0.25) is 0 Å². The van der Waals surface area contributed by atoms with Crippen LogP contribution in [0.25, 0.3) is 0 Å². The van der Waals surface area contributed by atoms with Crippen LogP contribution in [0.1, 0.15) is 103 Å². The van der Waals surface area contributed by atoms with Crippen molar-refractivity contribution in [2.75, 3.05) is 0 Å². The van der Waals surface area contributed by atoms with Crippen molar-refractivity contribution in [2.24, 2.45) is 0 Å². The molecule has 0 heteroatoms. The Bertz CT molecular complexity index is 320. The van der Waals surface area contributed by atoms with E-state index in [1.807, 2.05) is 0 Å². The topological polar surface area (TPSA) is 0 Å². The van der Waals surface area contributed by atoms with Crippen LogP contribution in [-0.4, -0.2) is 0 Å². The lowest BCUT2D eigenvalue weighted by atomic mass is 10.0. The van der Waals surface area contributed by atoms with Crippen molar-refractivity contribution in [1.29, 1.82) is 0 Å². The smallest absolute Gasteiger partial charge is 0.0276 e. The van der Waals surface area contributed by atoms with Crippen LogP contribution in [0.4, 0.5) is 0 Å². The zero-order valence-electron chi connectivity index (χ0n) is 15.9. The van der Waals surface area contributed by atoms with Gasteiger partial charge in [0, 0.05) is 0 Å². The molecule has 0 fully saturated rings. The quantitative estimate of drug-likeness (QED) is 0.420. The second-order valence-corrected chi connectivity index (χ2v) is 7.06. The van der Waals surface area contributed by atoms with E-state index in [-0.39, 0.29) is 0 Å². The Balaban J connectivity index is 2.20. The summed E-state index contributed by atoms with van der Waals surface area (Å²) in [5, 5.41) is 0. The Labute approximate surface area is 151 Å². The summed E-state index contributed by atoms with van der Waals surface area (Å²) >= 11 is 0. The van der Waals surface area contributed by atoms with Crippen LogP contribution in [0.2, 0.25) is 0 Å². The maximum Gasteiger partial charge on any atom is -0.0276 e. The molecular formula is C24H39. The van der Waals surface area contributed by atoms with Crippen LogP contribution in [0.15, 0.2) is 42.5 Å². The van der Waals surface area contributed by atoms with Crippen LogP contribution in [0.3, 0.4) is 0 Å². The van der Waals surface area contributed by atoms with Crippen LogP contribution in [-0.2, 0) is 0 Å². The largest absolute Gasteiger partial charge is 0.0845 e. The molecule has 0 aromatic carbocycles. The summed E-state index contributed by atoms with van der Waals surface area (Å²) in [5.41, 5.74) is 0. The zero-order chi connectivity index (χ0) is 17.0. The van der Waals surface area contributed by atoms with E-state index >= 15 is 0 Å². The molecule has 24 heavy (non-hydrogen) atoms. The summed E-state index contributed by atoms with van der Waals surface area (Å²) < 4.78 is 0. The van der Waals surface area contributed by atoms with Crippen molar-refractivity contribution in [3.05, 3.63) is 48.6 Å². The lowest BCUT2D eigenvalue weighted by molar-refractivity contribution is 0.534. The summed E-state index contributed by atoms with van der Waals surface area (Å²) in [6, 6.07) is 0. The van der Waals surface area contributed by atoms with Crippen molar-refractivity contribution in [1.82, 2.24) is 0 Å². The predicted molar refractivity (Wildman–Crippen MR) is 109 cm³/mol. The van der Waals surface area contributed by atoms with E-state index in [0.717, 1.165) is 6.42 Å². The van der Waals surface area contributed by atoms with Gasteiger partial charge in [-0.15, -0.1) is 0 Å². The van der Waals surface area contributed by atoms with E-state index in [2.05, 4.69) is 48.6 Å². The minimum absolute atomic E-state index is 1.11. The van der Waals surface area contributed by atoms with Crippen molar-refractivity contribution in [3.8, 4) is 0 Å². The molecule has 0 amide bonds. The number of hydrogen-bond acceptors (Lipinski definition) is 0. The number of rotatable bonds is 0. The Morgan fingerprint density at radius 1 is 0.417 bits per heavy atom. The Kier molecular flexibility index (Phi) is 16.0. The van der Waals surface area contributed by atoms with Crippen LogP contribution >= 0.6 is 0 Å². The third-order valence-electron chi connectivity index (χ3n) is 4.74. The zero-order valence-corrected chi connectivity index (χ0v) is 15.9. The van der Waals surface area contributed by atoms with Gasteiger partial charge in [-0.25, -0.2) is 0 Å². The van der Waals surface area contributed by atoms with Gasteiger partial charge in [0.25, 0.3) is 0 Å². The summed E-state index contributed by atoms with van der Waals surface area (Å²) in [4.78, 5) is 0. The van der Waals surface area contributed by atoms with E-state index in [1.165, 1.54) is 96.3 Å². The molecule has 0 nitrogen and oxygen atoms in total. The standard InChI is InChI=1S/C24H39/c1-2-4-6-8-10-12-14-16-18-20-22-24-23-21-19-17-15-13-11-9-7-5-3-1/h1-7H,8,10-24H2/b2-1+,5-3-,6-4+,9-7?. The Morgan fingerprint density at radius 3 is 1.50 bits per heavy atom. The molecule has 0 atom stereocenters. The second kappa shape index (κ2) is 18.3. The highest BCUT2D eigenvalue weighted by atomic mass is 14.0. The molecule has 135 valence electrons. The summed E-state index contributed by atoms with van der Waals surface area (Å²) in [6.45, 7) is 0. The number of hydrogen-bond donors (Lipinski definition) is 0. The minimum Gasteiger partial charge on any atom is -0.0845 e. The highest BCUT2D eigenvalue weighted by molar-refractivity contribution is 5.14. The van der Waals surface area contributed by atoms with E-state index in [9.17, 15) is 0 Å². The van der Waals surface area contributed by atoms with Gasteiger partial charge >= 0.3 is 0 Å². The lowest BCUT2D eigenvalue weighted by Gasteiger charge is -2.03. The van der Waals surface area contributed by atoms with Gasteiger partial charge in [-0.2, -0.15) is 0 Å². The molecule has 1 aliphatic rings. The molecule has 0 N–H and O–H groups in total. The molecule has 0 heterocycles. The van der Waals surface area contributed by atoms with Crippen molar-refractivity contribution in [2.45, 2.75) is 103 Å². The third-order valence-corrected chi connectivity index (χ3v) is 4.74. The minimum atomic E-state index is 1.11. The summed E-state index contributed by atoms with van der Waals surface area (Å²) in [6.07, 6.45) is 40.5. The second-order valence-electron chi connectivity index (χ2n) is 7.06. The van der Waals surface area contributed by atoms with Crippen molar-refractivity contribution in [3.63, 3.8) is 0 Å². The van der Waals surface area contributed by atoms with E-state index < -0.39 is 0 Å². The summed E-state index contributed by atoms with van der Waals surface area (Å²) in [7, 11) is 0. The molecule has 0 spiro atoms. The third kappa shape index (κ3) is 15.8. The fourth-order valence-corrected chi connectivity index (χ4v) is 3.18. The average Bonchev–Trinajstić information content (AvgIpc) is 2.59. The molecule has 0 aliphatic heterocycles. The van der Waals surface area contributed by atoms with E-state index in [4.69, 9.17) is 0 Å². The molecule has 0 saturated heterocycles. The van der Waals surface area contributed by atoms with Gasteiger partial charge in [0.1, 0.15) is 0 Å². The Hall–Kier alpha value is -1.04. The molecular weight excluding hydrogens is 288 g/mol. The van der Waals surface area contributed by atoms with Crippen molar-refractivity contribution < 1.29 is 0 Å². The lowest BCUT2D eigenvalue weighted by Crippen LogP contribution is -1.83. The first-order chi connectivity index (χ1) is 12.0. The fraction of sp³-hybridized carbons (Fsp3) is 0.667. The highest BCUT2D eigenvalue weighted by Gasteiger charge is 1.94. The average molecular weight is 328 g/mol. The van der Waals surface area contributed by atoms with Gasteiger partial charge in [0.05, 0.1) is 0 Å². The van der Waals surface area contributed by atoms with Gasteiger partial charge < -0.3 is 0 Å². The molecule has 0 aromatic heterocycles. The van der Waals surface area contributed by atoms with Gasteiger partial charge in [0.15, 0.2) is 0 Å². The van der Waals surface area contributed by atoms with Gasteiger partial charge in [-0.05, 0) is 31.8 Å². The van der Waals surface area contributed by atoms with Gasteiger partial charge in [-0.3, -0.25) is 0 Å². The predicted octanol–water partition coefficient (Wildman–Crippen LogP) is 8.27.